The Morgan fingerprint density at radius 3 is 2.74 bits per heavy atom. The van der Waals surface area contributed by atoms with Crippen LogP contribution in [0, 0.1) is 6.92 Å². The normalized spacial score (nSPS) is 10.8. The van der Waals surface area contributed by atoms with Crippen molar-refractivity contribution in [2.24, 2.45) is 0 Å². The van der Waals surface area contributed by atoms with E-state index in [9.17, 15) is 4.79 Å². The van der Waals surface area contributed by atoms with Crippen LogP contribution in [0.5, 0.6) is 0 Å². The van der Waals surface area contributed by atoms with Crippen molar-refractivity contribution < 1.29 is 9.90 Å². The van der Waals surface area contributed by atoms with Gasteiger partial charge in [0, 0.05) is 18.5 Å². The Bertz CT molecular complexity index is 823. The molecule has 1 N–H and O–H groups in total. The van der Waals surface area contributed by atoms with Crippen molar-refractivity contribution in [3.63, 3.8) is 0 Å². The molecule has 2 aromatic carbocycles. The van der Waals surface area contributed by atoms with Crippen LogP contribution in [0.25, 0.3) is 10.8 Å². The van der Waals surface area contributed by atoms with E-state index in [1.807, 2.05) is 35.4 Å². The van der Waals surface area contributed by atoms with Gasteiger partial charge in [-0.25, -0.2) is 4.98 Å². The van der Waals surface area contributed by atoms with Crippen LogP contribution in [0.2, 0.25) is 0 Å². The molecule has 0 spiro atoms. The molecule has 5 heteroatoms. The molecule has 0 atom stereocenters. The summed E-state index contributed by atoms with van der Waals surface area (Å²) in [5.74, 6) is -0.791. The number of carboxylic acids is 1. The highest BCUT2D eigenvalue weighted by molar-refractivity contribution is 7.13. The number of benzene rings is 2. The van der Waals surface area contributed by atoms with E-state index in [-0.39, 0.29) is 6.42 Å². The number of nitrogens with zero attached hydrogens (tertiary/aromatic N) is 2. The summed E-state index contributed by atoms with van der Waals surface area (Å²) in [6, 6.07) is 14.5. The lowest BCUT2D eigenvalue weighted by atomic mass is 10.0. The first kappa shape index (κ1) is 15.5. The van der Waals surface area contributed by atoms with Crippen LogP contribution in [0.4, 0.5) is 5.13 Å². The van der Waals surface area contributed by atoms with Crippen LogP contribution in [0.1, 0.15) is 17.7 Å². The maximum Gasteiger partial charge on any atom is 0.305 e. The van der Waals surface area contributed by atoms with Crippen LogP contribution in [0.15, 0.2) is 47.8 Å². The SMILES string of the molecule is Cc1csc(N(CCC(=O)O)Cc2cccc3ccccc23)n1. The first-order chi connectivity index (χ1) is 11.1. The van der Waals surface area contributed by atoms with E-state index in [2.05, 4.69) is 29.2 Å². The van der Waals surface area contributed by atoms with Crippen molar-refractivity contribution in [2.75, 3.05) is 11.4 Å². The summed E-state index contributed by atoms with van der Waals surface area (Å²) in [5, 5.41) is 14.3. The fraction of sp³-hybridized carbons (Fsp3) is 0.222. The van der Waals surface area contributed by atoms with Gasteiger partial charge in [-0.3, -0.25) is 4.79 Å². The highest BCUT2D eigenvalue weighted by Crippen LogP contribution is 2.25. The predicted octanol–water partition coefficient (Wildman–Crippen LogP) is 4.09. The number of aromatic nitrogens is 1. The Balaban J connectivity index is 1.91. The summed E-state index contributed by atoms with van der Waals surface area (Å²) < 4.78 is 0. The smallest absolute Gasteiger partial charge is 0.305 e. The van der Waals surface area contributed by atoms with Crippen molar-refractivity contribution in [2.45, 2.75) is 19.9 Å². The molecule has 0 bridgehead atoms. The quantitative estimate of drug-likeness (QED) is 0.741. The topological polar surface area (TPSA) is 53.4 Å². The number of aliphatic carboxylic acids is 1. The number of hydrogen-bond donors (Lipinski definition) is 1. The van der Waals surface area contributed by atoms with E-state index >= 15 is 0 Å². The van der Waals surface area contributed by atoms with E-state index in [1.54, 1.807) is 11.3 Å². The number of aryl methyl sites for hydroxylation is 1. The molecule has 0 aliphatic rings. The highest BCUT2D eigenvalue weighted by atomic mass is 32.1. The maximum absolute atomic E-state index is 11.0. The van der Waals surface area contributed by atoms with Gasteiger partial charge >= 0.3 is 5.97 Å². The predicted molar refractivity (Wildman–Crippen MR) is 94.1 cm³/mol. The summed E-state index contributed by atoms with van der Waals surface area (Å²) in [5.41, 5.74) is 2.14. The van der Waals surface area contributed by atoms with Gasteiger partial charge in [0.05, 0.1) is 12.1 Å². The number of fused-ring (bicyclic) bond motifs is 1. The molecule has 0 radical (unpaired) electrons. The second-order valence-electron chi connectivity index (χ2n) is 5.48. The van der Waals surface area contributed by atoms with Crippen molar-refractivity contribution >= 4 is 33.2 Å². The highest BCUT2D eigenvalue weighted by Gasteiger charge is 2.14. The Morgan fingerprint density at radius 2 is 2.00 bits per heavy atom. The van der Waals surface area contributed by atoms with Crippen LogP contribution in [-0.4, -0.2) is 22.6 Å². The zero-order valence-corrected chi connectivity index (χ0v) is 13.7. The molecule has 0 aliphatic carbocycles. The van der Waals surface area contributed by atoms with Gasteiger partial charge in [0.15, 0.2) is 5.13 Å². The zero-order chi connectivity index (χ0) is 16.2. The number of carbonyl (C=O) groups is 1. The van der Waals surface area contributed by atoms with Gasteiger partial charge in [-0.2, -0.15) is 0 Å². The minimum absolute atomic E-state index is 0.101. The van der Waals surface area contributed by atoms with Crippen LogP contribution in [-0.2, 0) is 11.3 Å². The molecule has 0 fully saturated rings. The fourth-order valence-corrected chi connectivity index (χ4v) is 3.43. The lowest BCUT2D eigenvalue weighted by Gasteiger charge is -2.22. The number of rotatable bonds is 6. The van der Waals surface area contributed by atoms with Crippen molar-refractivity contribution in [3.05, 3.63) is 59.1 Å². The van der Waals surface area contributed by atoms with Crippen molar-refractivity contribution in [1.82, 2.24) is 4.98 Å². The first-order valence-corrected chi connectivity index (χ1v) is 8.37. The van der Waals surface area contributed by atoms with Crippen LogP contribution < -0.4 is 4.90 Å². The van der Waals surface area contributed by atoms with Crippen molar-refractivity contribution in [3.8, 4) is 0 Å². The molecule has 3 aromatic rings. The molecule has 0 aliphatic heterocycles. The largest absolute Gasteiger partial charge is 0.481 e. The second-order valence-corrected chi connectivity index (χ2v) is 6.31. The molecule has 0 amide bonds. The molecule has 118 valence electrons. The summed E-state index contributed by atoms with van der Waals surface area (Å²) in [4.78, 5) is 17.5. The third-order valence-corrected chi connectivity index (χ3v) is 4.73. The lowest BCUT2D eigenvalue weighted by Crippen LogP contribution is -2.25. The number of hydrogen-bond acceptors (Lipinski definition) is 4. The molecule has 1 aromatic heterocycles. The van der Waals surface area contributed by atoms with Gasteiger partial charge < -0.3 is 10.0 Å². The van der Waals surface area contributed by atoms with Gasteiger partial charge in [-0.1, -0.05) is 42.5 Å². The Morgan fingerprint density at radius 1 is 1.22 bits per heavy atom. The average Bonchev–Trinajstić information content (AvgIpc) is 2.97. The molecule has 4 nitrogen and oxygen atoms in total. The van der Waals surface area contributed by atoms with E-state index in [1.165, 1.54) is 16.3 Å². The van der Waals surface area contributed by atoms with Gasteiger partial charge in [0.1, 0.15) is 0 Å². The summed E-state index contributed by atoms with van der Waals surface area (Å²) in [7, 11) is 0. The molecule has 0 unspecified atom stereocenters. The molecule has 1 heterocycles. The van der Waals surface area contributed by atoms with Crippen LogP contribution >= 0.6 is 11.3 Å². The summed E-state index contributed by atoms with van der Waals surface area (Å²) in [6.07, 6.45) is 0.101. The van der Waals surface area contributed by atoms with Crippen LogP contribution in [0.3, 0.4) is 0 Å². The molecule has 0 saturated carbocycles. The van der Waals surface area contributed by atoms with Gasteiger partial charge in [-0.05, 0) is 23.3 Å². The second kappa shape index (κ2) is 6.79. The average molecular weight is 326 g/mol. The van der Waals surface area contributed by atoms with E-state index in [0.29, 0.717) is 13.1 Å². The third kappa shape index (κ3) is 3.68. The summed E-state index contributed by atoms with van der Waals surface area (Å²) >= 11 is 1.56. The Hall–Kier alpha value is -2.40. The molecular formula is C18H18N2O2S. The number of anilines is 1. The standard InChI is InChI=1S/C18H18N2O2S/c1-13-12-23-18(19-13)20(10-9-17(21)22)11-15-7-4-6-14-5-2-3-8-16(14)15/h2-8,12H,9-11H2,1H3,(H,21,22). The molecule has 3 rings (SSSR count). The Labute approximate surface area is 139 Å². The molecule has 0 saturated heterocycles. The third-order valence-electron chi connectivity index (χ3n) is 3.71. The van der Waals surface area contributed by atoms with E-state index in [0.717, 1.165) is 10.8 Å². The Kier molecular flexibility index (Phi) is 4.57. The zero-order valence-electron chi connectivity index (χ0n) is 12.9. The first-order valence-electron chi connectivity index (χ1n) is 7.49. The molecule has 23 heavy (non-hydrogen) atoms. The van der Waals surface area contributed by atoms with Gasteiger partial charge in [-0.15, -0.1) is 11.3 Å². The van der Waals surface area contributed by atoms with Crippen molar-refractivity contribution in [1.29, 1.82) is 0 Å². The minimum Gasteiger partial charge on any atom is -0.481 e. The number of thiazole rings is 1. The minimum atomic E-state index is -0.791. The lowest BCUT2D eigenvalue weighted by molar-refractivity contribution is -0.136. The molecular weight excluding hydrogens is 308 g/mol. The van der Waals surface area contributed by atoms with E-state index in [4.69, 9.17) is 5.11 Å². The monoisotopic (exact) mass is 326 g/mol. The number of carboxylic acid groups (broad SMARTS) is 1. The van der Waals surface area contributed by atoms with Gasteiger partial charge in [0.2, 0.25) is 0 Å². The maximum atomic E-state index is 11.0. The van der Waals surface area contributed by atoms with E-state index < -0.39 is 5.97 Å². The van der Waals surface area contributed by atoms with Gasteiger partial charge in [0.25, 0.3) is 0 Å². The summed E-state index contributed by atoms with van der Waals surface area (Å²) in [6.45, 7) is 3.06. The fourth-order valence-electron chi connectivity index (χ4n) is 2.60.